The molecule has 1 unspecified atom stereocenters. The summed E-state index contributed by atoms with van der Waals surface area (Å²) in [5, 5.41) is 15.2. The molecule has 0 spiro atoms. The van der Waals surface area contributed by atoms with Crippen LogP contribution in [0.2, 0.25) is 0 Å². The molecule has 0 aliphatic carbocycles. The first-order valence-corrected chi connectivity index (χ1v) is 19.2. The monoisotopic (exact) mass is 716 g/mol. The summed E-state index contributed by atoms with van der Waals surface area (Å²) in [5.41, 5.74) is 3.46. The molecule has 0 bridgehead atoms. The van der Waals surface area contributed by atoms with Crippen LogP contribution in [0.4, 0.5) is 19.0 Å². The molecule has 2 aliphatic rings. The molecule has 264 valence electrons. The van der Waals surface area contributed by atoms with Gasteiger partial charge in [-0.15, -0.1) is 11.3 Å². The molecule has 1 N–H and O–H groups in total. The zero-order chi connectivity index (χ0) is 35.3. The van der Waals surface area contributed by atoms with Gasteiger partial charge in [0.15, 0.2) is 0 Å². The summed E-state index contributed by atoms with van der Waals surface area (Å²) >= 11 is 1.06. The number of thiophene rings is 1. The number of nitriles is 1. The number of hydrogen-bond acceptors (Lipinski definition) is 9. The Balaban J connectivity index is 1.10. The molecule has 2 aliphatic heterocycles. The van der Waals surface area contributed by atoms with E-state index < -0.39 is 28.2 Å². The molecular weight excluding hydrogens is 674 g/mol. The van der Waals surface area contributed by atoms with Crippen LogP contribution in [0.1, 0.15) is 55.3 Å². The second-order valence-electron chi connectivity index (χ2n) is 14.1. The predicted octanol–water partition coefficient (Wildman–Crippen LogP) is 5.75. The molecule has 2 saturated heterocycles. The molecule has 0 radical (unpaired) electrons. The molecule has 6 rings (SSSR count). The Kier molecular flexibility index (Phi) is 9.75. The SMILES string of the molecule is Cc1c(CN2CCC(Nc3ncnc4sc(CC(F)(F)F)cc34)CC2)ccc2c1cc(C#N)n2CC(C)N1CCN(S(C)(=O)=O)C(C)(C)C1. The number of nitrogens with zero attached hydrogens (tertiary/aromatic N) is 7. The topological polar surface area (TPSA) is 110 Å². The van der Waals surface area contributed by atoms with E-state index in [-0.39, 0.29) is 17.0 Å². The Bertz CT molecular complexity index is 1990. The fraction of sp³-hybridized carbons (Fsp3) is 0.559. The van der Waals surface area contributed by atoms with Gasteiger partial charge in [0, 0.05) is 79.2 Å². The van der Waals surface area contributed by atoms with Crippen molar-refractivity contribution in [3.8, 4) is 6.07 Å². The number of piperazine rings is 1. The quantitative estimate of drug-likeness (QED) is 0.233. The zero-order valence-corrected chi connectivity index (χ0v) is 30.1. The Hall–Kier alpha value is -3.29. The van der Waals surface area contributed by atoms with E-state index in [4.69, 9.17) is 0 Å². The Morgan fingerprint density at radius 3 is 2.51 bits per heavy atom. The normalized spacial score (nSPS) is 19.4. The summed E-state index contributed by atoms with van der Waals surface area (Å²) in [7, 11) is -3.30. The maximum Gasteiger partial charge on any atom is 0.393 e. The fourth-order valence-corrected chi connectivity index (χ4v) is 9.90. The largest absolute Gasteiger partial charge is 0.393 e. The van der Waals surface area contributed by atoms with Gasteiger partial charge in [-0.05, 0) is 69.9 Å². The number of anilines is 1. The molecule has 1 aromatic carbocycles. The van der Waals surface area contributed by atoms with Gasteiger partial charge in [0.1, 0.15) is 28.7 Å². The number of hydrogen-bond donors (Lipinski definition) is 1. The predicted molar refractivity (Wildman–Crippen MR) is 187 cm³/mol. The van der Waals surface area contributed by atoms with E-state index in [9.17, 15) is 26.9 Å². The Morgan fingerprint density at radius 2 is 1.86 bits per heavy atom. The van der Waals surface area contributed by atoms with Crippen molar-refractivity contribution in [2.75, 3.05) is 44.3 Å². The van der Waals surface area contributed by atoms with Crippen LogP contribution in [0, 0.1) is 18.3 Å². The van der Waals surface area contributed by atoms with Gasteiger partial charge in [0.2, 0.25) is 10.0 Å². The summed E-state index contributed by atoms with van der Waals surface area (Å²) < 4.78 is 67.2. The fourth-order valence-electron chi connectivity index (χ4n) is 7.50. The lowest BCUT2D eigenvalue weighted by Gasteiger charge is -2.47. The summed E-state index contributed by atoms with van der Waals surface area (Å²) in [6, 6.07) is 10.4. The lowest BCUT2D eigenvalue weighted by atomic mass is 10.0. The van der Waals surface area contributed by atoms with Gasteiger partial charge < -0.3 is 9.88 Å². The van der Waals surface area contributed by atoms with Crippen LogP contribution in [0.15, 0.2) is 30.6 Å². The third-order valence-electron chi connectivity index (χ3n) is 9.98. The number of halogens is 3. The van der Waals surface area contributed by atoms with Crippen molar-refractivity contribution in [3.05, 3.63) is 52.3 Å². The first-order valence-electron chi connectivity index (χ1n) is 16.5. The molecular formula is C34H43F3N8O2S2. The average molecular weight is 717 g/mol. The molecule has 3 aromatic heterocycles. The van der Waals surface area contributed by atoms with Crippen LogP contribution >= 0.6 is 11.3 Å². The van der Waals surface area contributed by atoms with Crippen LogP contribution in [0.3, 0.4) is 0 Å². The second kappa shape index (κ2) is 13.4. The molecule has 4 aromatic rings. The number of fused-ring (bicyclic) bond motifs is 2. The molecule has 15 heteroatoms. The van der Waals surface area contributed by atoms with Crippen molar-refractivity contribution in [1.82, 2.24) is 28.6 Å². The van der Waals surface area contributed by atoms with Gasteiger partial charge in [-0.1, -0.05) is 6.07 Å². The summed E-state index contributed by atoms with van der Waals surface area (Å²) in [6.45, 7) is 13.0. The van der Waals surface area contributed by atoms with E-state index in [0.717, 1.165) is 60.3 Å². The van der Waals surface area contributed by atoms with Crippen molar-refractivity contribution in [3.63, 3.8) is 0 Å². The number of benzene rings is 1. The molecule has 0 saturated carbocycles. The number of alkyl halides is 3. The van der Waals surface area contributed by atoms with Crippen LogP contribution in [0.25, 0.3) is 21.1 Å². The van der Waals surface area contributed by atoms with Crippen LogP contribution < -0.4 is 5.32 Å². The van der Waals surface area contributed by atoms with E-state index in [2.05, 4.69) is 61.7 Å². The average Bonchev–Trinajstić information content (AvgIpc) is 3.58. The van der Waals surface area contributed by atoms with E-state index >= 15 is 0 Å². The minimum Gasteiger partial charge on any atom is -0.367 e. The first-order chi connectivity index (χ1) is 23.0. The summed E-state index contributed by atoms with van der Waals surface area (Å²) in [6.07, 6.45) is -0.827. The highest BCUT2D eigenvalue weighted by atomic mass is 32.2. The molecule has 1 atom stereocenters. The molecule has 10 nitrogen and oxygen atoms in total. The standard InChI is InChI=1S/C34H43F3N8O2S2/c1-22(43-12-13-45(49(5,46)47)33(3,4)20-43)18-44-26(17-38)14-28-23(2)24(6-7-30(28)44)19-42-10-8-25(9-11-42)41-31-29-15-27(16-34(35,36)37)48-32(29)40-21-39-31/h6-7,14-15,21-22,25H,8-13,16,18-20H2,1-5H3,(H,39,40,41). The number of likely N-dealkylation sites (tertiary alicyclic amines) is 1. The van der Waals surface area contributed by atoms with Crippen LogP contribution in [0.5, 0.6) is 0 Å². The van der Waals surface area contributed by atoms with Crippen LogP contribution in [-0.2, 0) is 29.5 Å². The molecule has 49 heavy (non-hydrogen) atoms. The van der Waals surface area contributed by atoms with Gasteiger partial charge in [-0.3, -0.25) is 9.80 Å². The highest BCUT2D eigenvalue weighted by Gasteiger charge is 2.40. The highest BCUT2D eigenvalue weighted by molar-refractivity contribution is 7.88. The minimum atomic E-state index is -4.27. The maximum absolute atomic E-state index is 13.0. The minimum absolute atomic E-state index is 0.0960. The third-order valence-corrected chi connectivity index (χ3v) is 12.5. The summed E-state index contributed by atoms with van der Waals surface area (Å²) in [4.78, 5) is 14.1. The van der Waals surface area contributed by atoms with Crippen molar-refractivity contribution >= 4 is 48.3 Å². The van der Waals surface area contributed by atoms with E-state index in [1.54, 1.807) is 10.4 Å². The smallest absolute Gasteiger partial charge is 0.367 e. The number of nitrogens with one attached hydrogen (secondary N) is 1. The van der Waals surface area contributed by atoms with Gasteiger partial charge in [-0.2, -0.15) is 22.7 Å². The number of aromatic nitrogens is 3. The first kappa shape index (κ1) is 35.5. The van der Waals surface area contributed by atoms with Crippen molar-refractivity contribution in [1.29, 1.82) is 5.26 Å². The van der Waals surface area contributed by atoms with E-state index in [1.165, 1.54) is 18.1 Å². The second-order valence-corrected chi connectivity index (χ2v) is 17.2. The van der Waals surface area contributed by atoms with Gasteiger partial charge in [-0.25, -0.2) is 18.4 Å². The maximum atomic E-state index is 13.0. The van der Waals surface area contributed by atoms with Gasteiger partial charge in [0.05, 0.1) is 18.1 Å². The Labute approximate surface area is 289 Å². The number of aryl methyl sites for hydroxylation is 1. The number of rotatable bonds is 9. The number of sulfonamides is 1. The lowest BCUT2D eigenvalue weighted by Crippen LogP contribution is -2.62. The third kappa shape index (κ3) is 7.73. The summed E-state index contributed by atoms with van der Waals surface area (Å²) in [5.74, 6) is 0.585. The van der Waals surface area contributed by atoms with Gasteiger partial charge in [0.25, 0.3) is 0 Å². The molecule has 2 fully saturated rings. The van der Waals surface area contributed by atoms with Gasteiger partial charge >= 0.3 is 6.18 Å². The number of piperidine rings is 1. The molecule has 0 amide bonds. The van der Waals surface area contributed by atoms with E-state index in [0.29, 0.717) is 47.9 Å². The van der Waals surface area contributed by atoms with E-state index in [1.807, 2.05) is 19.9 Å². The molecule has 5 heterocycles. The van der Waals surface area contributed by atoms with Crippen molar-refractivity contribution < 1.29 is 21.6 Å². The highest BCUT2D eigenvalue weighted by Crippen LogP contribution is 2.34. The van der Waals surface area contributed by atoms with Crippen molar-refractivity contribution in [2.24, 2.45) is 0 Å². The Morgan fingerprint density at radius 1 is 1.12 bits per heavy atom. The zero-order valence-electron chi connectivity index (χ0n) is 28.5. The van der Waals surface area contributed by atoms with Crippen LogP contribution in [-0.4, -0.2) is 99.8 Å². The van der Waals surface area contributed by atoms with Crippen molar-refractivity contribution in [2.45, 2.75) is 83.8 Å². The lowest BCUT2D eigenvalue weighted by molar-refractivity contribution is -0.126.